The van der Waals surface area contributed by atoms with Crippen LogP contribution in [0.15, 0.2) is 42.6 Å². The number of para-hydroxylation sites is 1. The smallest absolute Gasteiger partial charge is 0.262 e. The molecule has 1 N–H and O–H groups in total. The lowest BCUT2D eigenvalue weighted by atomic mass is 10.2. The van der Waals surface area contributed by atoms with E-state index in [4.69, 9.17) is 4.74 Å². The highest BCUT2D eigenvalue weighted by Crippen LogP contribution is 2.19. The molecular weight excluding hydrogens is 280 g/mol. The Morgan fingerprint density at radius 2 is 2.09 bits per heavy atom. The third-order valence-electron chi connectivity index (χ3n) is 3.26. The van der Waals surface area contributed by atoms with Crippen LogP contribution >= 0.6 is 0 Å². The van der Waals surface area contributed by atoms with Crippen LogP contribution in [0.25, 0.3) is 11.0 Å². The van der Waals surface area contributed by atoms with Gasteiger partial charge in [-0.1, -0.05) is 18.2 Å². The number of amides is 1. The monoisotopic (exact) mass is 296 g/mol. The van der Waals surface area contributed by atoms with Crippen molar-refractivity contribution in [2.75, 3.05) is 11.9 Å². The molecular formula is C16H16N4O2. The van der Waals surface area contributed by atoms with E-state index in [0.29, 0.717) is 11.4 Å². The summed E-state index contributed by atoms with van der Waals surface area (Å²) in [4.78, 5) is 16.2. The van der Waals surface area contributed by atoms with E-state index in [-0.39, 0.29) is 12.5 Å². The second kappa shape index (κ2) is 5.85. The van der Waals surface area contributed by atoms with Crippen molar-refractivity contribution < 1.29 is 9.53 Å². The van der Waals surface area contributed by atoms with Gasteiger partial charge in [0, 0.05) is 12.4 Å². The van der Waals surface area contributed by atoms with Crippen LogP contribution in [0.2, 0.25) is 0 Å². The SMILES string of the molecule is Cc1nn(C)c2ncc(NC(=O)COc3ccccc3)cc12. The van der Waals surface area contributed by atoms with E-state index in [1.165, 1.54) is 0 Å². The zero-order valence-electron chi connectivity index (χ0n) is 12.4. The van der Waals surface area contributed by atoms with Gasteiger partial charge in [0.1, 0.15) is 5.75 Å². The summed E-state index contributed by atoms with van der Waals surface area (Å²) >= 11 is 0. The molecule has 112 valence electrons. The molecule has 0 bridgehead atoms. The first-order chi connectivity index (χ1) is 10.6. The number of ether oxygens (including phenoxy) is 1. The average Bonchev–Trinajstić information content (AvgIpc) is 2.81. The molecule has 6 nitrogen and oxygen atoms in total. The van der Waals surface area contributed by atoms with Crippen LogP contribution in [-0.2, 0) is 11.8 Å². The zero-order chi connectivity index (χ0) is 15.5. The van der Waals surface area contributed by atoms with Gasteiger partial charge in [-0.15, -0.1) is 0 Å². The van der Waals surface area contributed by atoms with E-state index >= 15 is 0 Å². The maximum atomic E-state index is 11.9. The Labute approximate surface area is 127 Å². The first-order valence-corrected chi connectivity index (χ1v) is 6.90. The van der Waals surface area contributed by atoms with Crippen molar-refractivity contribution in [3.63, 3.8) is 0 Å². The van der Waals surface area contributed by atoms with Crippen LogP contribution in [0.5, 0.6) is 5.75 Å². The Bertz CT molecular complexity index is 812. The quantitative estimate of drug-likeness (QED) is 0.802. The van der Waals surface area contributed by atoms with Crippen LogP contribution < -0.4 is 10.1 Å². The van der Waals surface area contributed by atoms with E-state index < -0.39 is 0 Å². The molecule has 1 amide bonds. The molecule has 0 unspecified atom stereocenters. The molecule has 0 radical (unpaired) electrons. The zero-order valence-corrected chi connectivity index (χ0v) is 12.4. The van der Waals surface area contributed by atoms with E-state index in [1.807, 2.05) is 38.2 Å². The van der Waals surface area contributed by atoms with Crippen molar-refractivity contribution >= 4 is 22.6 Å². The van der Waals surface area contributed by atoms with Crippen molar-refractivity contribution in [2.24, 2.45) is 7.05 Å². The number of nitrogens with zero attached hydrogens (tertiary/aromatic N) is 3. The van der Waals surface area contributed by atoms with E-state index in [9.17, 15) is 4.79 Å². The third kappa shape index (κ3) is 2.90. The van der Waals surface area contributed by atoms with Gasteiger partial charge in [-0.05, 0) is 25.1 Å². The van der Waals surface area contributed by atoms with Gasteiger partial charge in [0.05, 0.1) is 17.6 Å². The maximum absolute atomic E-state index is 11.9. The summed E-state index contributed by atoms with van der Waals surface area (Å²) < 4.78 is 7.12. The maximum Gasteiger partial charge on any atom is 0.262 e. The Hall–Kier alpha value is -2.89. The second-order valence-electron chi connectivity index (χ2n) is 4.95. The molecule has 0 fully saturated rings. The van der Waals surface area contributed by atoms with Gasteiger partial charge in [0.2, 0.25) is 0 Å². The molecule has 3 aromatic rings. The van der Waals surface area contributed by atoms with Gasteiger partial charge in [0.25, 0.3) is 5.91 Å². The summed E-state index contributed by atoms with van der Waals surface area (Å²) in [6, 6.07) is 11.1. The molecule has 0 saturated carbocycles. The number of aromatic nitrogens is 3. The fourth-order valence-corrected chi connectivity index (χ4v) is 2.24. The Balaban J connectivity index is 1.67. The Morgan fingerprint density at radius 1 is 1.32 bits per heavy atom. The lowest BCUT2D eigenvalue weighted by Crippen LogP contribution is -2.20. The topological polar surface area (TPSA) is 69.0 Å². The fraction of sp³-hybridized carbons (Fsp3) is 0.188. The molecule has 22 heavy (non-hydrogen) atoms. The highest BCUT2D eigenvalue weighted by atomic mass is 16.5. The van der Waals surface area contributed by atoms with Crippen molar-refractivity contribution in [3.05, 3.63) is 48.3 Å². The summed E-state index contributed by atoms with van der Waals surface area (Å²) in [7, 11) is 1.84. The van der Waals surface area contributed by atoms with Gasteiger partial charge in [-0.3, -0.25) is 9.48 Å². The summed E-state index contributed by atoms with van der Waals surface area (Å²) in [5.41, 5.74) is 2.29. The number of nitrogens with one attached hydrogen (secondary N) is 1. The summed E-state index contributed by atoms with van der Waals surface area (Å²) in [5, 5.41) is 8.00. The highest BCUT2D eigenvalue weighted by Gasteiger charge is 2.09. The lowest BCUT2D eigenvalue weighted by molar-refractivity contribution is -0.118. The minimum Gasteiger partial charge on any atom is -0.484 e. The molecule has 0 saturated heterocycles. The van der Waals surface area contributed by atoms with Crippen LogP contribution in [0.4, 0.5) is 5.69 Å². The number of aryl methyl sites for hydroxylation is 2. The van der Waals surface area contributed by atoms with Gasteiger partial charge in [-0.25, -0.2) is 4.98 Å². The number of benzene rings is 1. The van der Waals surface area contributed by atoms with Gasteiger partial charge >= 0.3 is 0 Å². The molecule has 6 heteroatoms. The molecule has 0 aliphatic carbocycles. The van der Waals surface area contributed by atoms with Gasteiger partial charge in [-0.2, -0.15) is 5.10 Å². The van der Waals surface area contributed by atoms with E-state index in [2.05, 4.69) is 15.4 Å². The minimum absolute atomic E-state index is 0.0475. The van der Waals surface area contributed by atoms with Gasteiger partial charge < -0.3 is 10.1 Å². The fourth-order valence-electron chi connectivity index (χ4n) is 2.24. The first kappa shape index (κ1) is 14.1. The molecule has 1 aromatic carbocycles. The molecule has 0 aliphatic heterocycles. The molecule has 0 spiro atoms. The van der Waals surface area contributed by atoms with Crippen molar-refractivity contribution in [1.29, 1.82) is 0 Å². The third-order valence-corrected chi connectivity index (χ3v) is 3.26. The van der Waals surface area contributed by atoms with Crippen molar-refractivity contribution in [2.45, 2.75) is 6.92 Å². The molecule has 2 aromatic heterocycles. The standard InChI is InChI=1S/C16H16N4O2/c1-11-14-8-12(9-17-16(14)20(2)19-11)18-15(21)10-22-13-6-4-3-5-7-13/h3-9H,10H2,1-2H3,(H,18,21). The highest BCUT2D eigenvalue weighted by molar-refractivity contribution is 5.94. The number of hydrogen-bond acceptors (Lipinski definition) is 4. The molecule has 3 rings (SSSR count). The van der Waals surface area contributed by atoms with Crippen molar-refractivity contribution in [3.8, 4) is 5.75 Å². The van der Waals surface area contributed by atoms with Crippen LogP contribution in [0, 0.1) is 6.92 Å². The first-order valence-electron chi connectivity index (χ1n) is 6.90. The number of carbonyl (C=O) groups excluding carboxylic acids is 1. The van der Waals surface area contributed by atoms with Crippen LogP contribution in [0.3, 0.4) is 0 Å². The lowest BCUT2D eigenvalue weighted by Gasteiger charge is -2.07. The largest absolute Gasteiger partial charge is 0.484 e. The number of rotatable bonds is 4. The van der Waals surface area contributed by atoms with E-state index in [0.717, 1.165) is 16.7 Å². The van der Waals surface area contributed by atoms with Crippen LogP contribution in [0.1, 0.15) is 5.69 Å². The Kier molecular flexibility index (Phi) is 3.74. The predicted octanol–water partition coefficient (Wildman–Crippen LogP) is 2.29. The second-order valence-corrected chi connectivity index (χ2v) is 4.95. The summed E-state index contributed by atoms with van der Waals surface area (Å²) in [6.07, 6.45) is 1.61. The van der Waals surface area contributed by atoms with Crippen molar-refractivity contribution in [1.82, 2.24) is 14.8 Å². The Morgan fingerprint density at radius 3 is 2.86 bits per heavy atom. The summed E-state index contributed by atoms with van der Waals surface area (Å²) in [6.45, 7) is 1.86. The molecule has 2 heterocycles. The average molecular weight is 296 g/mol. The molecule has 0 aliphatic rings. The summed E-state index contributed by atoms with van der Waals surface area (Å²) in [5.74, 6) is 0.431. The predicted molar refractivity (Wildman–Crippen MR) is 83.8 cm³/mol. The van der Waals surface area contributed by atoms with E-state index in [1.54, 1.807) is 23.0 Å². The number of pyridine rings is 1. The number of carbonyl (C=O) groups is 1. The van der Waals surface area contributed by atoms with Crippen LogP contribution in [-0.4, -0.2) is 27.3 Å². The number of hydrogen-bond donors (Lipinski definition) is 1. The number of fused-ring (bicyclic) bond motifs is 1. The normalized spacial score (nSPS) is 10.6. The minimum atomic E-state index is -0.230. The number of anilines is 1. The van der Waals surface area contributed by atoms with Gasteiger partial charge in [0.15, 0.2) is 12.3 Å². The molecule has 0 atom stereocenters.